The van der Waals surface area contributed by atoms with Crippen molar-refractivity contribution >= 4 is 5.78 Å². The molecular formula is C29H49FO4. The van der Waals surface area contributed by atoms with Crippen molar-refractivity contribution in [3.05, 3.63) is 0 Å². The van der Waals surface area contributed by atoms with Crippen LogP contribution in [0.5, 0.6) is 0 Å². The van der Waals surface area contributed by atoms with Gasteiger partial charge in [0.15, 0.2) is 0 Å². The van der Waals surface area contributed by atoms with Gasteiger partial charge in [-0.05, 0) is 90.8 Å². The zero-order valence-corrected chi connectivity index (χ0v) is 22.2. The van der Waals surface area contributed by atoms with Crippen LogP contribution in [0.15, 0.2) is 0 Å². The van der Waals surface area contributed by atoms with Crippen molar-refractivity contribution in [2.24, 2.45) is 58.2 Å². The summed E-state index contributed by atoms with van der Waals surface area (Å²) in [4.78, 5) is 13.3. The highest BCUT2D eigenvalue weighted by Gasteiger charge is 2.64. The minimum absolute atomic E-state index is 0.00275. The average Bonchev–Trinajstić information content (AvgIpc) is 3.12. The predicted octanol–water partition coefficient (Wildman–Crippen LogP) is 5.17. The zero-order chi connectivity index (χ0) is 25.2. The zero-order valence-electron chi connectivity index (χ0n) is 22.2. The van der Waals surface area contributed by atoms with Gasteiger partial charge in [0.1, 0.15) is 12.0 Å². The van der Waals surface area contributed by atoms with Crippen molar-refractivity contribution in [3.63, 3.8) is 0 Å². The minimum Gasteiger partial charge on any atom is -0.390 e. The molecule has 0 amide bonds. The minimum atomic E-state index is -1.23. The lowest BCUT2D eigenvalue weighted by molar-refractivity contribution is -0.169. The number of carbonyl (C=O) groups excluding carboxylic acids is 1. The van der Waals surface area contributed by atoms with Gasteiger partial charge in [-0.25, -0.2) is 4.39 Å². The Morgan fingerprint density at radius 2 is 1.68 bits per heavy atom. The van der Waals surface area contributed by atoms with Crippen LogP contribution < -0.4 is 0 Å². The van der Waals surface area contributed by atoms with Crippen LogP contribution in [0.25, 0.3) is 0 Å². The first-order valence-corrected chi connectivity index (χ1v) is 14.1. The number of halogens is 1. The highest BCUT2D eigenvalue weighted by Crippen LogP contribution is 2.68. The molecule has 0 heterocycles. The maximum absolute atomic E-state index is 14.7. The molecule has 0 aromatic rings. The summed E-state index contributed by atoms with van der Waals surface area (Å²) < 4.78 is 14.7. The Labute approximate surface area is 206 Å². The first kappa shape index (κ1) is 26.5. The van der Waals surface area contributed by atoms with E-state index >= 15 is 0 Å². The highest BCUT2D eigenvalue weighted by molar-refractivity contribution is 5.83. The molecule has 13 atom stereocenters. The molecule has 0 aliphatic heterocycles. The van der Waals surface area contributed by atoms with Gasteiger partial charge in [0, 0.05) is 12.3 Å². The number of fused-ring (bicyclic) bond motifs is 5. The molecule has 0 radical (unpaired) electrons. The lowest BCUT2D eigenvalue weighted by Crippen LogP contribution is -2.59. The normalized spacial score (nSPS) is 48.0. The van der Waals surface area contributed by atoms with Gasteiger partial charge in [-0.2, -0.15) is 0 Å². The van der Waals surface area contributed by atoms with Crippen LogP contribution in [0.3, 0.4) is 0 Å². The fraction of sp³-hybridized carbons (Fsp3) is 0.966. The molecule has 5 heteroatoms. The Hall–Kier alpha value is -0.520. The van der Waals surface area contributed by atoms with Gasteiger partial charge >= 0.3 is 0 Å². The highest BCUT2D eigenvalue weighted by atomic mass is 19.1. The first-order chi connectivity index (χ1) is 15.9. The summed E-state index contributed by atoms with van der Waals surface area (Å²) in [7, 11) is 0. The first-order valence-electron chi connectivity index (χ1n) is 14.1. The van der Waals surface area contributed by atoms with Crippen molar-refractivity contribution in [2.45, 2.75) is 117 Å². The van der Waals surface area contributed by atoms with E-state index in [4.69, 9.17) is 0 Å². The van der Waals surface area contributed by atoms with E-state index < -0.39 is 24.5 Å². The lowest BCUT2D eigenvalue weighted by atomic mass is 9.44. The monoisotopic (exact) mass is 480 g/mol. The third-order valence-electron chi connectivity index (χ3n) is 11.8. The third kappa shape index (κ3) is 4.00. The van der Waals surface area contributed by atoms with Crippen LogP contribution in [0.4, 0.5) is 4.39 Å². The Kier molecular flexibility index (Phi) is 7.35. The maximum Gasteiger partial charge on any atom is 0.136 e. The topological polar surface area (TPSA) is 77.8 Å². The molecule has 4 aliphatic carbocycles. The van der Waals surface area contributed by atoms with Crippen molar-refractivity contribution in [3.8, 4) is 0 Å². The SMILES string of the molecule is CC[C@@H](C(C)C)[C@@H](O)[C@H](O)[C@@H](C)[C@H]1CC[C@H]2[C@@H]3CC(=O)[C@H]4C[C@H](O)[C@H](F)C[C@]4(C)[C@H]3CC[C@]12C. The second kappa shape index (κ2) is 9.41. The number of carbonyl (C=O) groups is 1. The number of Topliss-reactive ketones (excluding diaryl/α,β-unsaturated/α-hetero) is 1. The molecule has 4 rings (SSSR count). The van der Waals surface area contributed by atoms with E-state index in [2.05, 4.69) is 41.5 Å². The molecule has 4 fully saturated rings. The van der Waals surface area contributed by atoms with Crippen LogP contribution in [-0.2, 0) is 4.79 Å². The molecule has 0 saturated heterocycles. The number of alkyl halides is 1. The molecule has 4 saturated carbocycles. The molecule has 0 unspecified atom stereocenters. The quantitative estimate of drug-likeness (QED) is 0.490. The van der Waals surface area contributed by atoms with E-state index in [1.807, 2.05) is 0 Å². The average molecular weight is 481 g/mol. The van der Waals surface area contributed by atoms with Gasteiger partial charge in [0.05, 0.1) is 18.3 Å². The molecule has 34 heavy (non-hydrogen) atoms. The van der Waals surface area contributed by atoms with Crippen molar-refractivity contribution < 1.29 is 24.5 Å². The number of aliphatic hydroxyl groups excluding tert-OH is 3. The standard InChI is InChI=1S/C29H49FO4/c1-7-17(15(2)3)27(34)26(33)16(4)19-8-9-20-18-12-24(31)22-13-25(32)23(30)14-29(22,6)21(18)10-11-28(19,20)5/h15-23,25-27,32-34H,7-14H2,1-6H3/t16-,17-,18-,19+,20-,21-,22+,23+,25-,26+,27+,28+,29+/m0/s1. The Morgan fingerprint density at radius 3 is 2.29 bits per heavy atom. The van der Waals surface area contributed by atoms with Gasteiger partial charge in [-0.1, -0.05) is 48.0 Å². The van der Waals surface area contributed by atoms with E-state index in [-0.39, 0.29) is 46.7 Å². The summed E-state index contributed by atoms with van der Waals surface area (Å²) in [6.45, 7) is 12.9. The maximum atomic E-state index is 14.7. The summed E-state index contributed by atoms with van der Waals surface area (Å²) in [5.74, 6) is 1.74. The molecule has 3 N–H and O–H groups in total. The Balaban J connectivity index is 1.55. The van der Waals surface area contributed by atoms with E-state index in [9.17, 15) is 24.5 Å². The van der Waals surface area contributed by atoms with Crippen LogP contribution in [0.1, 0.15) is 92.9 Å². The van der Waals surface area contributed by atoms with Crippen molar-refractivity contribution in [2.75, 3.05) is 0 Å². The summed E-state index contributed by atoms with van der Waals surface area (Å²) >= 11 is 0. The number of hydrogen-bond donors (Lipinski definition) is 3. The molecular weight excluding hydrogens is 431 g/mol. The summed E-state index contributed by atoms with van der Waals surface area (Å²) in [5, 5.41) is 32.4. The third-order valence-corrected chi connectivity index (χ3v) is 11.8. The summed E-state index contributed by atoms with van der Waals surface area (Å²) in [6.07, 6.45) is 2.39. The summed E-state index contributed by atoms with van der Waals surface area (Å²) in [5.41, 5.74) is -0.321. The van der Waals surface area contributed by atoms with Gasteiger partial charge < -0.3 is 15.3 Å². The van der Waals surface area contributed by atoms with E-state index in [0.717, 1.165) is 32.1 Å². The van der Waals surface area contributed by atoms with Gasteiger partial charge in [0.2, 0.25) is 0 Å². The molecule has 4 nitrogen and oxygen atoms in total. The van der Waals surface area contributed by atoms with E-state index in [1.54, 1.807) is 0 Å². The van der Waals surface area contributed by atoms with E-state index in [0.29, 0.717) is 36.5 Å². The molecule has 0 spiro atoms. The molecule has 0 aromatic carbocycles. The van der Waals surface area contributed by atoms with E-state index in [1.165, 1.54) is 0 Å². The largest absolute Gasteiger partial charge is 0.390 e. The van der Waals surface area contributed by atoms with Crippen LogP contribution in [0.2, 0.25) is 0 Å². The Morgan fingerprint density at radius 1 is 1.03 bits per heavy atom. The molecule has 0 bridgehead atoms. The van der Waals surface area contributed by atoms with Gasteiger partial charge in [-0.15, -0.1) is 0 Å². The lowest BCUT2D eigenvalue weighted by Gasteiger charge is -2.60. The van der Waals surface area contributed by atoms with Crippen LogP contribution >= 0.6 is 0 Å². The van der Waals surface area contributed by atoms with Crippen molar-refractivity contribution in [1.29, 1.82) is 0 Å². The molecule has 196 valence electrons. The van der Waals surface area contributed by atoms with Crippen LogP contribution in [-0.4, -0.2) is 45.6 Å². The second-order valence-electron chi connectivity index (χ2n) is 13.5. The smallest absolute Gasteiger partial charge is 0.136 e. The number of rotatable bonds is 6. The fourth-order valence-corrected chi connectivity index (χ4v) is 9.85. The van der Waals surface area contributed by atoms with Gasteiger partial charge in [0.25, 0.3) is 0 Å². The Bertz CT molecular complexity index is 756. The molecule has 0 aromatic heterocycles. The van der Waals surface area contributed by atoms with Crippen molar-refractivity contribution in [1.82, 2.24) is 0 Å². The number of hydrogen-bond acceptors (Lipinski definition) is 4. The number of ketones is 1. The fourth-order valence-electron chi connectivity index (χ4n) is 9.85. The molecule has 4 aliphatic rings. The van der Waals surface area contributed by atoms with Gasteiger partial charge in [-0.3, -0.25) is 4.79 Å². The predicted molar refractivity (Wildman–Crippen MR) is 132 cm³/mol. The summed E-state index contributed by atoms with van der Waals surface area (Å²) in [6, 6.07) is 0. The van der Waals surface area contributed by atoms with Crippen LogP contribution in [0, 0.1) is 58.2 Å². The number of aliphatic hydroxyl groups is 3. The second-order valence-corrected chi connectivity index (χ2v) is 13.5.